The van der Waals surface area contributed by atoms with Gasteiger partial charge in [-0.15, -0.1) is 0 Å². The lowest BCUT2D eigenvalue weighted by Gasteiger charge is -2.45. The van der Waals surface area contributed by atoms with E-state index >= 15 is 0 Å². The molecule has 1 aromatic carbocycles. The highest BCUT2D eigenvalue weighted by Gasteiger charge is 2.38. The highest BCUT2D eigenvalue weighted by atomic mass is 32.2. The molecule has 2 fully saturated rings. The maximum Gasteiger partial charge on any atom is 0.339 e. The number of hydrogen-bond donors (Lipinski definition) is 2. The first-order valence-electron chi connectivity index (χ1n) is 10.6. The Labute approximate surface area is 178 Å². The summed E-state index contributed by atoms with van der Waals surface area (Å²) in [5.74, 6) is -1.01. The SMILES string of the molecule is CCCOc1ccc(S(=O)(=O)N2CCNCC2N2CCN(CC)CC2)cc1C(=O)O. The number of nitrogens with zero attached hydrogens (tertiary/aromatic N) is 3. The van der Waals surface area contributed by atoms with Crippen LogP contribution in [0, 0.1) is 0 Å². The van der Waals surface area contributed by atoms with Gasteiger partial charge in [0.15, 0.2) is 0 Å². The Morgan fingerprint density at radius 1 is 1.20 bits per heavy atom. The van der Waals surface area contributed by atoms with E-state index in [2.05, 4.69) is 22.0 Å². The lowest BCUT2D eigenvalue weighted by molar-refractivity contribution is 0.0359. The van der Waals surface area contributed by atoms with Gasteiger partial charge in [0.2, 0.25) is 10.0 Å². The van der Waals surface area contributed by atoms with Crippen LogP contribution in [0.3, 0.4) is 0 Å². The average Bonchev–Trinajstić information content (AvgIpc) is 2.77. The molecule has 0 aliphatic carbocycles. The first kappa shape index (κ1) is 23.0. The second-order valence-electron chi connectivity index (χ2n) is 7.58. The van der Waals surface area contributed by atoms with Crippen LogP contribution in [0.1, 0.15) is 30.6 Å². The summed E-state index contributed by atoms with van der Waals surface area (Å²) in [6.07, 6.45) is 0.444. The zero-order chi connectivity index (χ0) is 21.7. The van der Waals surface area contributed by atoms with Crippen molar-refractivity contribution in [3.05, 3.63) is 23.8 Å². The van der Waals surface area contributed by atoms with Crippen molar-refractivity contribution >= 4 is 16.0 Å². The normalized spacial score (nSPS) is 22.1. The molecule has 0 amide bonds. The molecule has 2 N–H and O–H groups in total. The summed E-state index contributed by atoms with van der Waals surface area (Å²) in [5.41, 5.74) is -0.132. The van der Waals surface area contributed by atoms with Gasteiger partial charge in [-0.05, 0) is 31.2 Å². The number of piperazine rings is 2. The molecule has 10 heteroatoms. The molecule has 0 bridgehead atoms. The summed E-state index contributed by atoms with van der Waals surface area (Å²) in [7, 11) is -3.85. The topological polar surface area (TPSA) is 102 Å². The number of hydrogen-bond acceptors (Lipinski definition) is 7. The molecule has 168 valence electrons. The van der Waals surface area contributed by atoms with E-state index in [1.165, 1.54) is 22.5 Å². The van der Waals surface area contributed by atoms with Gasteiger partial charge in [-0.25, -0.2) is 13.2 Å². The predicted octanol–water partition coefficient (Wildman–Crippen LogP) is 0.731. The van der Waals surface area contributed by atoms with E-state index in [0.717, 1.165) is 39.1 Å². The Balaban J connectivity index is 1.87. The highest BCUT2D eigenvalue weighted by molar-refractivity contribution is 7.89. The molecule has 9 nitrogen and oxygen atoms in total. The summed E-state index contributed by atoms with van der Waals surface area (Å²) < 4.78 is 34.0. The Kier molecular flexibility index (Phi) is 7.70. The standard InChI is InChI=1S/C20H32N4O5S/c1-3-13-29-18-6-5-16(14-17(18)20(25)26)30(27,28)24-8-7-21-15-19(24)23-11-9-22(4-2)10-12-23/h5-6,14,19,21H,3-4,7-13,15H2,1-2H3,(H,25,26). The Bertz CT molecular complexity index is 840. The first-order chi connectivity index (χ1) is 14.4. The van der Waals surface area contributed by atoms with Gasteiger partial charge in [0.05, 0.1) is 17.7 Å². The lowest BCUT2D eigenvalue weighted by atomic mass is 10.2. The van der Waals surface area contributed by atoms with Gasteiger partial charge in [-0.2, -0.15) is 4.31 Å². The molecule has 0 radical (unpaired) electrons. The molecule has 0 spiro atoms. The molecular formula is C20H32N4O5S. The van der Waals surface area contributed by atoms with E-state index < -0.39 is 16.0 Å². The fourth-order valence-corrected chi connectivity index (χ4v) is 5.59. The summed E-state index contributed by atoms with van der Waals surface area (Å²) in [6, 6.07) is 4.11. The molecular weight excluding hydrogens is 408 g/mol. The third-order valence-corrected chi connectivity index (χ3v) is 7.59. The maximum absolute atomic E-state index is 13.5. The van der Waals surface area contributed by atoms with Crippen molar-refractivity contribution in [1.29, 1.82) is 0 Å². The van der Waals surface area contributed by atoms with Gasteiger partial charge >= 0.3 is 5.97 Å². The highest BCUT2D eigenvalue weighted by Crippen LogP contribution is 2.27. The molecule has 1 unspecified atom stereocenters. The van der Waals surface area contributed by atoms with Gasteiger partial charge in [-0.3, -0.25) is 4.90 Å². The predicted molar refractivity (Wildman–Crippen MR) is 113 cm³/mol. The summed E-state index contributed by atoms with van der Waals surface area (Å²) in [6.45, 7) is 10.3. The fraction of sp³-hybridized carbons (Fsp3) is 0.650. The molecule has 0 saturated carbocycles. The molecule has 2 aliphatic heterocycles. The van der Waals surface area contributed by atoms with Crippen LogP contribution < -0.4 is 10.1 Å². The summed E-state index contributed by atoms with van der Waals surface area (Å²) >= 11 is 0. The number of likely N-dealkylation sites (N-methyl/N-ethyl adjacent to an activating group) is 1. The van der Waals surface area contributed by atoms with Crippen molar-refractivity contribution < 1.29 is 23.1 Å². The number of ether oxygens (including phenoxy) is 1. The van der Waals surface area contributed by atoms with Crippen LogP contribution in [-0.2, 0) is 10.0 Å². The van der Waals surface area contributed by atoms with Crippen LogP contribution in [0.4, 0.5) is 0 Å². The van der Waals surface area contributed by atoms with E-state index in [1.807, 2.05) is 6.92 Å². The number of benzene rings is 1. The van der Waals surface area contributed by atoms with Gasteiger partial charge < -0.3 is 20.1 Å². The Hall–Kier alpha value is -1.72. The second kappa shape index (κ2) is 10.1. The number of carboxylic acids is 1. The minimum Gasteiger partial charge on any atom is -0.493 e. The number of nitrogens with one attached hydrogen (secondary N) is 1. The Morgan fingerprint density at radius 3 is 2.57 bits per heavy atom. The second-order valence-corrected chi connectivity index (χ2v) is 9.47. The number of carbonyl (C=O) groups is 1. The molecule has 3 rings (SSSR count). The van der Waals surface area contributed by atoms with Gasteiger partial charge in [0.1, 0.15) is 11.3 Å². The van der Waals surface area contributed by atoms with Crippen molar-refractivity contribution in [1.82, 2.24) is 19.4 Å². The smallest absolute Gasteiger partial charge is 0.339 e. The van der Waals surface area contributed by atoms with Crippen molar-refractivity contribution in [3.63, 3.8) is 0 Å². The lowest BCUT2D eigenvalue weighted by Crippen LogP contribution is -2.63. The van der Waals surface area contributed by atoms with Gasteiger partial charge in [0, 0.05) is 45.8 Å². The summed E-state index contributed by atoms with van der Waals surface area (Å²) in [5, 5.41) is 12.9. The molecule has 1 aromatic rings. The number of rotatable bonds is 8. The van der Waals surface area contributed by atoms with Crippen molar-refractivity contribution in [2.24, 2.45) is 0 Å². The van der Waals surface area contributed by atoms with Crippen molar-refractivity contribution in [2.75, 3.05) is 59.0 Å². The van der Waals surface area contributed by atoms with Crippen molar-refractivity contribution in [3.8, 4) is 5.75 Å². The third kappa shape index (κ3) is 4.94. The van der Waals surface area contributed by atoms with Gasteiger partial charge in [-0.1, -0.05) is 13.8 Å². The number of sulfonamides is 1. The average molecular weight is 441 g/mol. The first-order valence-corrected chi connectivity index (χ1v) is 12.0. The number of carboxylic acid groups (broad SMARTS) is 1. The van der Waals surface area contributed by atoms with E-state index in [1.54, 1.807) is 0 Å². The third-order valence-electron chi connectivity index (χ3n) is 5.69. The molecule has 2 saturated heterocycles. The van der Waals surface area contributed by atoms with Crippen molar-refractivity contribution in [2.45, 2.75) is 31.3 Å². The molecule has 2 heterocycles. The summed E-state index contributed by atoms with van der Waals surface area (Å²) in [4.78, 5) is 16.2. The molecule has 30 heavy (non-hydrogen) atoms. The molecule has 0 aromatic heterocycles. The van der Waals surface area contributed by atoms with Crippen LogP contribution in [0.5, 0.6) is 5.75 Å². The van der Waals surface area contributed by atoms with Crippen LogP contribution in [0.2, 0.25) is 0 Å². The zero-order valence-electron chi connectivity index (χ0n) is 17.7. The van der Waals surface area contributed by atoms with E-state index in [-0.39, 0.29) is 22.4 Å². The monoisotopic (exact) mass is 440 g/mol. The minimum absolute atomic E-state index is 0.0113. The van der Waals surface area contributed by atoms with E-state index in [4.69, 9.17) is 4.74 Å². The van der Waals surface area contributed by atoms with E-state index in [0.29, 0.717) is 26.2 Å². The van der Waals surface area contributed by atoms with Crippen LogP contribution in [-0.4, -0.2) is 98.7 Å². The zero-order valence-corrected chi connectivity index (χ0v) is 18.5. The van der Waals surface area contributed by atoms with Gasteiger partial charge in [0.25, 0.3) is 0 Å². The largest absolute Gasteiger partial charge is 0.493 e. The molecule has 1 atom stereocenters. The van der Waals surface area contributed by atoms with E-state index in [9.17, 15) is 18.3 Å². The van der Waals surface area contributed by atoms with Crippen LogP contribution in [0.25, 0.3) is 0 Å². The molecule has 2 aliphatic rings. The quantitative estimate of drug-likeness (QED) is 0.610. The Morgan fingerprint density at radius 2 is 1.93 bits per heavy atom. The number of aromatic carboxylic acids is 1. The minimum atomic E-state index is -3.85. The van der Waals surface area contributed by atoms with Crippen LogP contribution in [0.15, 0.2) is 23.1 Å². The fourth-order valence-electron chi connectivity index (χ4n) is 3.95. The van der Waals surface area contributed by atoms with Crippen LogP contribution >= 0.6 is 0 Å². The maximum atomic E-state index is 13.5.